The number of fused-ring (bicyclic) bond motifs is 2. The molecule has 3 nitrogen and oxygen atoms in total. The number of likely N-dealkylation sites (tertiary alicyclic amines) is 1. The number of ketones is 1. The molecule has 0 saturated carbocycles. The molecule has 1 aromatic heterocycles. The number of nitrogens with zero attached hydrogens (tertiary/aromatic N) is 2. The number of carbonyl (C=O) groups excluding carboxylic acids is 1. The highest BCUT2D eigenvalue weighted by atomic mass is 32.1. The third kappa shape index (κ3) is 1.63. The van der Waals surface area contributed by atoms with Gasteiger partial charge >= 0.3 is 0 Å². The van der Waals surface area contributed by atoms with E-state index in [9.17, 15) is 4.79 Å². The molecule has 1 aromatic rings. The summed E-state index contributed by atoms with van der Waals surface area (Å²) in [7, 11) is 0. The van der Waals surface area contributed by atoms with E-state index in [0.29, 0.717) is 0 Å². The van der Waals surface area contributed by atoms with Crippen LogP contribution in [0.25, 0.3) is 0 Å². The smallest absolute Gasteiger partial charge is 0.179 e. The summed E-state index contributed by atoms with van der Waals surface area (Å²) in [5.41, 5.74) is 1.19. The van der Waals surface area contributed by atoms with Crippen molar-refractivity contribution < 1.29 is 4.79 Å². The van der Waals surface area contributed by atoms with Crippen molar-refractivity contribution in [3.63, 3.8) is 0 Å². The Kier molecular flexibility index (Phi) is 2.71. The van der Waals surface area contributed by atoms with Crippen LogP contribution in [0.4, 0.5) is 5.00 Å². The van der Waals surface area contributed by atoms with Crippen LogP contribution in [0, 0.1) is 5.41 Å². The molecule has 0 radical (unpaired) electrons. The fourth-order valence-electron chi connectivity index (χ4n) is 2.77. The second kappa shape index (κ2) is 4.17. The normalized spacial score (nSPS) is 25.5. The molecule has 0 aliphatic carbocycles. The third-order valence-electron chi connectivity index (χ3n) is 3.89. The van der Waals surface area contributed by atoms with Crippen molar-refractivity contribution in [3.05, 3.63) is 41.4 Å². The van der Waals surface area contributed by atoms with Gasteiger partial charge in [-0.2, -0.15) is 0 Å². The average molecular weight is 272 g/mol. The van der Waals surface area contributed by atoms with E-state index in [-0.39, 0.29) is 5.78 Å². The van der Waals surface area contributed by atoms with Gasteiger partial charge in [-0.1, -0.05) is 12.7 Å². The van der Waals surface area contributed by atoms with Crippen molar-refractivity contribution in [1.29, 1.82) is 0 Å². The second-order valence-electron chi connectivity index (χ2n) is 5.13. The SMILES string of the molecule is C=C(/C=C\C)N1CCC2(C)C(=O)c3ccsc3N=C12. The third-order valence-corrected chi connectivity index (χ3v) is 4.69. The summed E-state index contributed by atoms with van der Waals surface area (Å²) in [6, 6.07) is 1.89. The van der Waals surface area contributed by atoms with Gasteiger partial charge in [-0.15, -0.1) is 11.3 Å². The lowest BCUT2D eigenvalue weighted by Crippen LogP contribution is -2.39. The van der Waals surface area contributed by atoms with Gasteiger partial charge in [-0.25, -0.2) is 4.99 Å². The van der Waals surface area contributed by atoms with Crippen LogP contribution in [0.1, 0.15) is 30.6 Å². The predicted molar refractivity (Wildman–Crippen MR) is 79.1 cm³/mol. The lowest BCUT2D eigenvalue weighted by Gasteiger charge is -2.29. The number of rotatable bonds is 2. The van der Waals surface area contributed by atoms with Crippen LogP contribution in [-0.4, -0.2) is 23.1 Å². The number of carbonyl (C=O) groups is 1. The summed E-state index contributed by atoms with van der Waals surface area (Å²) < 4.78 is 0. The lowest BCUT2D eigenvalue weighted by molar-refractivity contribution is 0.0888. The van der Waals surface area contributed by atoms with Gasteiger partial charge in [0, 0.05) is 12.2 Å². The van der Waals surface area contributed by atoms with Gasteiger partial charge < -0.3 is 4.90 Å². The summed E-state index contributed by atoms with van der Waals surface area (Å²) >= 11 is 1.52. The number of hydrogen-bond acceptors (Lipinski definition) is 4. The molecule has 19 heavy (non-hydrogen) atoms. The molecule has 0 aromatic carbocycles. The minimum atomic E-state index is -0.488. The molecule has 1 atom stereocenters. The largest absolute Gasteiger partial charge is 0.330 e. The zero-order chi connectivity index (χ0) is 13.6. The van der Waals surface area contributed by atoms with Gasteiger partial charge in [0.2, 0.25) is 0 Å². The summed E-state index contributed by atoms with van der Waals surface area (Å²) in [4.78, 5) is 19.4. The maximum Gasteiger partial charge on any atom is 0.179 e. The van der Waals surface area contributed by atoms with Crippen LogP contribution < -0.4 is 0 Å². The Morgan fingerprint density at radius 1 is 1.63 bits per heavy atom. The molecule has 4 heteroatoms. The monoisotopic (exact) mass is 272 g/mol. The first-order chi connectivity index (χ1) is 9.08. The molecule has 3 rings (SSSR count). The standard InChI is InChI=1S/C15H16N2OS/c1-4-5-10(2)17-8-7-15(3)12(18)11-6-9-19-13(11)16-14(15)17/h4-6,9H,2,7-8H2,1,3H3/b5-4-. The first kappa shape index (κ1) is 12.4. The molecular weight excluding hydrogens is 256 g/mol. The van der Waals surface area contributed by atoms with E-state index in [0.717, 1.165) is 35.1 Å². The predicted octanol–water partition coefficient (Wildman–Crippen LogP) is 3.78. The van der Waals surface area contributed by atoms with Gasteiger partial charge in [-0.05, 0) is 37.8 Å². The highest BCUT2D eigenvalue weighted by molar-refractivity contribution is 7.14. The molecule has 0 amide bonds. The fourth-order valence-corrected chi connectivity index (χ4v) is 3.53. The van der Waals surface area contributed by atoms with Crippen molar-refractivity contribution >= 4 is 28.0 Å². The average Bonchev–Trinajstić information content (AvgIpc) is 2.96. The van der Waals surface area contributed by atoms with Crippen LogP contribution in [0.2, 0.25) is 0 Å². The highest BCUT2D eigenvalue weighted by Crippen LogP contribution is 2.45. The lowest BCUT2D eigenvalue weighted by atomic mass is 9.79. The molecule has 1 unspecified atom stereocenters. The highest BCUT2D eigenvalue weighted by Gasteiger charge is 2.50. The van der Waals surface area contributed by atoms with Crippen LogP contribution in [-0.2, 0) is 0 Å². The first-order valence-corrected chi connectivity index (χ1v) is 7.26. The van der Waals surface area contributed by atoms with Crippen LogP contribution >= 0.6 is 11.3 Å². The Morgan fingerprint density at radius 2 is 2.42 bits per heavy atom. The number of hydrogen-bond donors (Lipinski definition) is 0. The number of allylic oxidation sites excluding steroid dienone is 2. The van der Waals surface area contributed by atoms with Gasteiger partial charge in [-0.3, -0.25) is 4.79 Å². The summed E-state index contributed by atoms with van der Waals surface area (Å²) in [6.45, 7) is 8.83. The first-order valence-electron chi connectivity index (χ1n) is 6.38. The molecule has 0 N–H and O–H groups in total. The van der Waals surface area contributed by atoms with E-state index < -0.39 is 5.41 Å². The van der Waals surface area contributed by atoms with Crippen LogP contribution in [0.3, 0.4) is 0 Å². The van der Waals surface area contributed by atoms with E-state index >= 15 is 0 Å². The molecule has 98 valence electrons. The maximum atomic E-state index is 12.7. The van der Waals surface area contributed by atoms with E-state index in [1.54, 1.807) is 0 Å². The summed E-state index contributed by atoms with van der Waals surface area (Å²) in [5.74, 6) is 1.06. The second-order valence-corrected chi connectivity index (χ2v) is 6.02. The quantitative estimate of drug-likeness (QED) is 0.768. The van der Waals surface area contributed by atoms with E-state index in [1.807, 2.05) is 37.4 Å². The fraction of sp³-hybridized carbons (Fsp3) is 0.333. The minimum absolute atomic E-state index is 0.199. The van der Waals surface area contributed by atoms with E-state index in [2.05, 4.69) is 11.5 Å². The number of Topliss-reactive ketones (excluding diaryl/α,β-unsaturated/α-hetero) is 1. The minimum Gasteiger partial charge on any atom is -0.330 e. The molecule has 0 spiro atoms. The topological polar surface area (TPSA) is 32.7 Å². The zero-order valence-electron chi connectivity index (χ0n) is 11.1. The van der Waals surface area contributed by atoms with Crippen molar-refractivity contribution in [2.75, 3.05) is 6.54 Å². The van der Waals surface area contributed by atoms with Gasteiger partial charge in [0.1, 0.15) is 10.8 Å². The Morgan fingerprint density at radius 3 is 3.16 bits per heavy atom. The van der Waals surface area contributed by atoms with Crippen LogP contribution in [0.5, 0.6) is 0 Å². The molecule has 2 aliphatic heterocycles. The van der Waals surface area contributed by atoms with Crippen molar-refractivity contribution in [2.45, 2.75) is 20.3 Å². The molecule has 1 saturated heterocycles. The van der Waals surface area contributed by atoms with E-state index in [4.69, 9.17) is 4.99 Å². The van der Waals surface area contributed by atoms with Gasteiger partial charge in [0.05, 0.1) is 11.0 Å². The summed E-state index contributed by atoms with van der Waals surface area (Å²) in [5, 5.41) is 2.76. The molecule has 2 aliphatic rings. The van der Waals surface area contributed by atoms with Gasteiger partial charge in [0.25, 0.3) is 0 Å². The Bertz CT molecular complexity index is 626. The molecule has 3 heterocycles. The van der Waals surface area contributed by atoms with Crippen molar-refractivity contribution in [2.24, 2.45) is 10.4 Å². The Hall–Kier alpha value is -1.68. The van der Waals surface area contributed by atoms with Crippen molar-refractivity contribution in [1.82, 2.24) is 4.90 Å². The Labute approximate surface area is 117 Å². The molecule has 1 fully saturated rings. The van der Waals surface area contributed by atoms with E-state index in [1.165, 1.54) is 11.3 Å². The number of amidine groups is 1. The summed E-state index contributed by atoms with van der Waals surface area (Å²) in [6.07, 6.45) is 4.72. The number of thiophene rings is 1. The molecule has 0 bridgehead atoms. The number of aliphatic imine (C=N–C) groups is 1. The zero-order valence-corrected chi connectivity index (χ0v) is 12.0. The Balaban J connectivity index is 2.10. The van der Waals surface area contributed by atoms with Crippen LogP contribution in [0.15, 0.2) is 40.9 Å². The maximum absolute atomic E-state index is 12.7. The molecular formula is C15H16N2OS. The van der Waals surface area contributed by atoms with Crippen molar-refractivity contribution in [3.8, 4) is 0 Å². The van der Waals surface area contributed by atoms with Gasteiger partial charge in [0.15, 0.2) is 5.78 Å².